The molecule has 0 radical (unpaired) electrons. The van der Waals surface area contributed by atoms with Crippen molar-refractivity contribution in [2.24, 2.45) is 0 Å². The maximum absolute atomic E-state index is 12.5. The second-order valence-electron chi connectivity index (χ2n) is 7.36. The highest BCUT2D eigenvalue weighted by molar-refractivity contribution is 5.91. The second-order valence-corrected chi connectivity index (χ2v) is 7.36. The van der Waals surface area contributed by atoms with Crippen LogP contribution in [0.3, 0.4) is 0 Å². The van der Waals surface area contributed by atoms with Gasteiger partial charge < -0.3 is 9.15 Å². The topological polar surface area (TPSA) is 56.5 Å². The third-order valence-corrected chi connectivity index (χ3v) is 5.00. The molecule has 4 nitrogen and oxygen atoms in total. The SMILES string of the molecule is CCCCCCCCCc1cc(=O)c2cc(OC(=O)c3ccccc3)ccc2o1. The van der Waals surface area contributed by atoms with Crippen LogP contribution >= 0.6 is 0 Å². The molecule has 0 saturated heterocycles. The van der Waals surface area contributed by atoms with E-state index >= 15 is 0 Å². The maximum Gasteiger partial charge on any atom is 0.343 e. The smallest absolute Gasteiger partial charge is 0.343 e. The predicted octanol–water partition coefficient (Wildman–Crippen LogP) is 6.31. The number of hydrogen-bond donors (Lipinski definition) is 0. The summed E-state index contributed by atoms with van der Waals surface area (Å²) in [5.74, 6) is 0.591. The minimum Gasteiger partial charge on any atom is -0.461 e. The summed E-state index contributed by atoms with van der Waals surface area (Å²) in [6.45, 7) is 2.22. The Labute approximate surface area is 171 Å². The zero-order chi connectivity index (χ0) is 20.5. The van der Waals surface area contributed by atoms with E-state index in [0.29, 0.717) is 28.0 Å². The first kappa shape index (κ1) is 20.8. The minimum absolute atomic E-state index is 0.109. The fraction of sp³-hybridized carbons (Fsp3) is 0.360. The Morgan fingerprint density at radius 2 is 1.62 bits per heavy atom. The zero-order valence-electron chi connectivity index (χ0n) is 17.0. The van der Waals surface area contributed by atoms with Gasteiger partial charge in [-0.2, -0.15) is 0 Å². The fourth-order valence-corrected chi connectivity index (χ4v) is 3.37. The van der Waals surface area contributed by atoms with Crippen molar-refractivity contribution >= 4 is 16.9 Å². The third-order valence-electron chi connectivity index (χ3n) is 5.00. The molecule has 3 aromatic rings. The fourth-order valence-electron chi connectivity index (χ4n) is 3.37. The van der Waals surface area contributed by atoms with Gasteiger partial charge in [0.25, 0.3) is 0 Å². The van der Waals surface area contributed by atoms with Crippen LogP contribution < -0.4 is 10.2 Å². The van der Waals surface area contributed by atoms with Gasteiger partial charge in [0.05, 0.1) is 10.9 Å². The van der Waals surface area contributed by atoms with Crippen LogP contribution in [-0.4, -0.2) is 5.97 Å². The molecule has 0 aliphatic heterocycles. The average Bonchev–Trinajstić information content (AvgIpc) is 2.74. The Morgan fingerprint density at radius 1 is 0.897 bits per heavy atom. The largest absolute Gasteiger partial charge is 0.461 e. The van der Waals surface area contributed by atoms with Gasteiger partial charge >= 0.3 is 5.97 Å². The summed E-state index contributed by atoms with van der Waals surface area (Å²) in [4.78, 5) is 24.7. The van der Waals surface area contributed by atoms with Gasteiger partial charge in [-0.25, -0.2) is 4.79 Å². The lowest BCUT2D eigenvalue weighted by molar-refractivity contribution is 0.0735. The molecule has 0 aliphatic carbocycles. The summed E-state index contributed by atoms with van der Waals surface area (Å²) < 4.78 is 11.3. The molecule has 0 aliphatic rings. The van der Waals surface area contributed by atoms with Gasteiger partial charge in [0.2, 0.25) is 0 Å². The van der Waals surface area contributed by atoms with Crippen LogP contribution in [-0.2, 0) is 6.42 Å². The normalized spacial score (nSPS) is 10.9. The molecule has 0 N–H and O–H groups in total. The molecule has 0 saturated carbocycles. The van der Waals surface area contributed by atoms with Gasteiger partial charge in [0.1, 0.15) is 17.1 Å². The van der Waals surface area contributed by atoms with Crippen molar-refractivity contribution in [3.05, 3.63) is 76.1 Å². The second kappa shape index (κ2) is 10.6. The molecule has 0 amide bonds. The van der Waals surface area contributed by atoms with E-state index in [4.69, 9.17) is 9.15 Å². The van der Waals surface area contributed by atoms with Gasteiger partial charge in [0, 0.05) is 12.5 Å². The van der Waals surface area contributed by atoms with Gasteiger partial charge in [-0.15, -0.1) is 0 Å². The number of benzene rings is 2. The summed E-state index contributed by atoms with van der Waals surface area (Å²) in [6.07, 6.45) is 9.32. The van der Waals surface area contributed by atoms with E-state index in [1.807, 2.05) is 6.07 Å². The number of esters is 1. The lowest BCUT2D eigenvalue weighted by Gasteiger charge is -2.07. The monoisotopic (exact) mass is 392 g/mol. The lowest BCUT2D eigenvalue weighted by Crippen LogP contribution is -2.09. The van der Waals surface area contributed by atoms with E-state index in [1.54, 1.807) is 48.5 Å². The highest BCUT2D eigenvalue weighted by Crippen LogP contribution is 2.21. The molecule has 152 valence electrons. The Morgan fingerprint density at radius 3 is 2.38 bits per heavy atom. The molecule has 0 fully saturated rings. The number of rotatable bonds is 10. The van der Waals surface area contributed by atoms with Crippen LogP contribution in [0.15, 0.2) is 63.8 Å². The third kappa shape index (κ3) is 6.05. The Bertz CT molecular complexity index is 989. The average molecular weight is 392 g/mol. The quantitative estimate of drug-likeness (QED) is 0.231. The molecule has 0 bridgehead atoms. The molecule has 0 spiro atoms. The number of ether oxygens (including phenoxy) is 1. The molecule has 29 heavy (non-hydrogen) atoms. The van der Waals surface area contributed by atoms with Crippen LogP contribution in [0.1, 0.15) is 68.0 Å². The minimum atomic E-state index is -0.454. The maximum atomic E-state index is 12.5. The molecule has 4 heteroatoms. The summed E-state index contributed by atoms with van der Waals surface area (Å²) in [6, 6.07) is 15.2. The van der Waals surface area contributed by atoms with Crippen LogP contribution in [0.2, 0.25) is 0 Å². The van der Waals surface area contributed by atoms with Crippen molar-refractivity contribution in [3.63, 3.8) is 0 Å². The van der Waals surface area contributed by atoms with Crippen LogP contribution in [0, 0.1) is 0 Å². The first-order valence-electron chi connectivity index (χ1n) is 10.5. The van der Waals surface area contributed by atoms with Crippen LogP contribution in [0.5, 0.6) is 5.75 Å². The summed E-state index contributed by atoms with van der Waals surface area (Å²) in [5.41, 5.74) is 0.876. The van der Waals surface area contributed by atoms with E-state index in [2.05, 4.69) is 6.92 Å². The molecule has 0 atom stereocenters. The van der Waals surface area contributed by atoms with Crippen molar-refractivity contribution in [2.45, 2.75) is 58.3 Å². The highest BCUT2D eigenvalue weighted by atomic mass is 16.5. The Kier molecular flexibility index (Phi) is 7.62. The number of fused-ring (bicyclic) bond motifs is 1. The molecule has 3 rings (SSSR count). The summed E-state index contributed by atoms with van der Waals surface area (Å²) >= 11 is 0. The molecule has 0 unspecified atom stereocenters. The van der Waals surface area contributed by atoms with E-state index in [-0.39, 0.29) is 5.43 Å². The Balaban J connectivity index is 1.61. The zero-order valence-corrected chi connectivity index (χ0v) is 17.0. The number of unbranched alkanes of at least 4 members (excludes halogenated alkanes) is 6. The molecule has 1 aromatic heterocycles. The number of carbonyl (C=O) groups is 1. The molecule has 2 aromatic carbocycles. The Hall–Kier alpha value is -2.88. The molecular formula is C25H28O4. The number of aryl methyl sites for hydroxylation is 1. The number of hydrogen-bond acceptors (Lipinski definition) is 4. The lowest BCUT2D eigenvalue weighted by atomic mass is 10.1. The first-order chi connectivity index (χ1) is 14.2. The van der Waals surface area contributed by atoms with Gasteiger partial charge in [0.15, 0.2) is 5.43 Å². The van der Waals surface area contributed by atoms with Gasteiger partial charge in [-0.05, 0) is 36.8 Å². The van der Waals surface area contributed by atoms with E-state index in [9.17, 15) is 9.59 Å². The summed E-state index contributed by atoms with van der Waals surface area (Å²) in [7, 11) is 0. The van der Waals surface area contributed by atoms with Crippen LogP contribution in [0.4, 0.5) is 0 Å². The summed E-state index contributed by atoms with van der Waals surface area (Å²) in [5, 5.41) is 0.423. The molecular weight excluding hydrogens is 364 g/mol. The standard InChI is InChI=1S/C25H28O4/c1-2-3-4-5-6-7-11-14-20-18-23(26)22-17-21(15-16-24(22)28-20)29-25(27)19-12-9-8-10-13-19/h8-10,12-13,15-18H,2-7,11,14H2,1H3. The predicted molar refractivity (Wildman–Crippen MR) is 116 cm³/mol. The van der Waals surface area contributed by atoms with Gasteiger partial charge in [-0.1, -0.05) is 63.6 Å². The molecule has 1 heterocycles. The van der Waals surface area contributed by atoms with Crippen molar-refractivity contribution in [1.29, 1.82) is 0 Å². The van der Waals surface area contributed by atoms with Crippen molar-refractivity contribution in [1.82, 2.24) is 0 Å². The highest BCUT2D eigenvalue weighted by Gasteiger charge is 2.11. The van der Waals surface area contributed by atoms with Crippen molar-refractivity contribution < 1.29 is 13.9 Å². The van der Waals surface area contributed by atoms with E-state index in [1.165, 1.54) is 32.1 Å². The van der Waals surface area contributed by atoms with Crippen molar-refractivity contribution in [3.8, 4) is 5.75 Å². The van der Waals surface area contributed by atoms with E-state index in [0.717, 1.165) is 19.3 Å². The first-order valence-corrected chi connectivity index (χ1v) is 10.5. The van der Waals surface area contributed by atoms with Crippen molar-refractivity contribution in [2.75, 3.05) is 0 Å². The van der Waals surface area contributed by atoms with Crippen LogP contribution in [0.25, 0.3) is 11.0 Å². The number of carbonyl (C=O) groups excluding carboxylic acids is 1. The van der Waals surface area contributed by atoms with E-state index < -0.39 is 5.97 Å². The van der Waals surface area contributed by atoms with Gasteiger partial charge in [-0.3, -0.25) is 4.79 Å².